The van der Waals surface area contributed by atoms with Crippen molar-refractivity contribution >= 4 is 11.8 Å². The first-order chi connectivity index (χ1) is 12.0. The maximum absolute atomic E-state index is 12.3. The molecule has 132 valence electrons. The molecule has 25 heavy (non-hydrogen) atoms. The van der Waals surface area contributed by atoms with E-state index in [1.54, 1.807) is 12.1 Å². The van der Waals surface area contributed by atoms with Crippen LogP contribution in [0.5, 0.6) is 5.75 Å². The summed E-state index contributed by atoms with van der Waals surface area (Å²) in [6.07, 6.45) is 1.71. The fraction of sp³-hybridized carbons (Fsp3) is 0.333. The van der Waals surface area contributed by atoms with Crippen molar-refractivity contribution in [1.82, 2.24) is 0 Å². The van der Waals surface area contributed by atoms with E-state index in [9.17, 15) is 9.59 Å². The first-order valence-electron chi connectivity index (χ1n) is 8.47. The number of Topliss-reactive ketones (excluding diaryl/α,β-unsaturated/α-hetero) is 1. The number of aryl methyl sites for hydroxylation is 3. The lowest BCUT2D eigenvalue weighted by atomic mass is 9.97. The lowest BCUT2D eigenvalue weighted by Gasteiger charge is -2.15. The van der Waals surface area contributed by atoms with Gasteiger partial charge in [-0.15, -0.1) is 0 Å². The Morgan fingerprint density at radius 2 is 1.80 bits per heavy atom. The largest absolute Gasteiger partial charge is 0.489 e. The molecule has 2 rings (SSSR count). The van der Waals surface area contributed by atoms with Gasteiger partial charge in [-0.3, -0.25) is 4.79 Å². The number of rotatable bonds is 7. The maximum Gasteiger partial charge on any atom is 0.379 e. The fourth-order valence-electron chi connectivity index (χ4n) is 2.80. The molecule has 0 aliphatic heterocycles. The van der Waals surface area contributed by atoms with Crippen molar-refractivity contribution in [2.75, 3.05) is 7.11 Å². The Hall–Kier alpha value is -2.62. The quantitative estimate of drug-likeness (QED) is 0.433. The van der Waals surface area contributed by atoms with Crippen molar-refractivity contribution in [3.8, 4) is 5.75 Å². The minimum absolute atomic E-state index is 0.231. The van der Waals surface area contributed by atoms with Gasteiger partial charge in [0, 0.05) is 11.1 Å². The molecule has 0 aromatic heterocycles. The lowest BCUT2D eigenvalue weighted by molar-refractivity contribution is -0.135. The smallest absolute Gasteiger partial charge is 0.379 e. The van der Waals surface area contributed by atoms with Gasteiger partial charge in [0.25, 0.3) is 5.78 Å². The second kappa shape index (κ2) is 8.47. The third-order valence-electron chi connectivity index (χ3n) is 4.29. The Labute approximate surface area is 148 Å². The molecule has 0 aliphatic carbocycles. The Morgan fingerprint density at radius 1 is 1.04 bits per heavy atom. The van der Waals surface area contributed by atoms with E-state index >= 15 is 0 Å². The van der Waals surface area contributed by atoms with Crippen LogP contribution in [0.2, 0.25) is 0 Å². The van der Waals surface area contributed by atoms with E-state index in [0.717, 1.165) is 35.3 Å². The van der Waals surface area contributed by atoms with Crippen LogP contribution in [-0.2, 0) is 29.0 Å². The minimum Gasteiger partial charge on any atom is -0.489 e. The topological polar surface area (TPSA) is 52.6 Å². The lowest BCUT2D eigenvalue weighted by Crippen LogP contribution is -2.19. The third-order valence-corrected chi connectivity index (χ3v) is 4.29. The first kappa shape index (κ1) is 18.7. The van der Waals surface area contributed by atoms with Gasteiger partial charge in [0.05, 0.1) is 7.11 Å². The second-order valence-corrected chi connectivity index (χ2v) is 5.86. The van der Waals surface area contributed by atoms with Crippen LogP contribution in [0.15, 0.2) is 36.4 Å². The first-order valence-corrected chi connectivity index (χ1v) is 8.47. The van der Waals surface area contributed by atoms with Crippen LogP contribution < -0.4 is 4.74 Å². The van der Waals surface area contributed by atoms with E-state index < -0.39 is 11.8 Å². The molecular formula is C21H24O4. The summed E-state index contributed by atoms with van der Waals surface area (Å²) in [4.78, 5) is 23.9. The zero-order valence-electron chi connectivity index (χ0n) is 15.2. The molecule has 0 heterocycles. The summed E-state index contributed by atoms with van der Waals surface area (Å²) < 4.78 is 10.5. The number of methoxy groups -OCH3 is 1. The second-order valence-electron chi connectivity index (χ2n) is 5.86. The molecule has 0 aliphatic rings. The maximum atomic E-state index is 12.3. The van der Waals surface area contributed by atoms with Gasteiger partial charge >= 0.3 is 5.97 Å². The summed E-state index contributed by atoms with van der Waals surface area (Å²) in [5.74, 6) is -0.730. The molecule has 0 radical (unpaired) electrons. The number of carbonyl (C=O) groups is 2. The Morgan fingerprint density at radius 3 is 2.40 bits per heavy atom. The van der Waals surface area contributed by atoms with E-state index in [1.807, 2.05) is 32.0 Å². The standard InChI is InChI=1S/C21H24O4/c1-5-15-10-11-19(14(3)12-15)25-13-18-16(6-2)8-7-9-17(18)20(22)21(23)24-4/h7-12H,5-6,13H2,1-4H3. The van der Waals surface area contributed by atoms with E-state index in [1.165, 1.54) is 12.7 Å². The van der Waals surface area contributed by atoms with Crippen molar-refractivity contribution in [3.63, 3.8) is 0 Å². The summed E-state index contributed by atoms with van der Waals surface area (Å²) in [6.45, 7) is 6.35. The molecule has 4 nitrogen and oxygen atoms in total. The molecule has 4 heteroatoms. The third kappa shape index (κ3) is 4.27. The molecule has 0 saturated heterocycles. The van der Waals surface area contributed by atoms with Crippen LogP contribution in [-0.4, -0.2) is 18.9 Å². The van der Waals surface area contributed by atoms with Crippen LogP contribution in [0.1, 0.15) is 46.5 Å². The zero-order chi connectivity index (χ0) is 18.4. The number of benzene rings is 2. The Kier molecular flexibility index (Phi) is 6.34. The highest BCUT2D eigenvalue weighted by atomic mass is 16.5. The number of carbonyl (C=O) groups excluding carboxylic acids is 2. The predicted octanol–water partition coefficient (Wildman–Crippen LogP) is 4.05. The molecule has 0 amide bonds. The zero-order valence-corrected chi connectivity index (χ0v) is 15.2. The number of hydrogen-bond acceptors (Lipinski definition) is 4. The molecule has 0 N–H and O–H groups in total. The van der Waals surface area contributed by atoms with Crippen LogP contribution in [0.4, 0.5) is 0 Å². The van der Waals surface area contributed by atoms with Crippen LogP contribution in [0, 0.1) is 6.92 Å². The van der Waals surface area contributed by atoms with E-state index in [2.05, 4.69) is 17.7 Å². The van der Waals surface area contributed by atoms with Crippen molar-refractivity contribution in [2.45, 2.75) is 40.2 Å². The Balaban J connectivity index is 2.32. The number of esters is 1. The van der Waals surface area contributed by atoms with Gasteiger partial charge in [-0.25, -0.2) is 4.79 Å². The summed E-state index contributed by atoms with van der Waals surface area (Å²) in [6, 6.07) is 11.4. The summed E-state index contributed by atoms with van der Waals surface area (Å²) >= 11 is 0. The molecule has 0 saturated carbocycles. The Bertz CT molecular complexity index is 777. The SMILES string of the molecule is CCc1ccc(OCc2c(CC)cccc2C(=O)C(=O)OC)c(C)c1. The average molecular weight is 340 g/mol. The van der Waals surface area contributed by atoms with Gasteiger partial charge in [-0.2, -0.15) is 0 Å². The fourth-order valence-corrected chi connectivity index (χ4v) is 2.80. The predicted molar refractivity (Wildman–Crippen MR) is 97.1 cm³/mol. The van der Waals surface area contributed by atoms with Gasteiger partial charge in [0.1, 0.15) is 12.4 Å². The van der Waals surface area contributed by atoms with Crippen molar-refractivity contribution in [3.05, 3.63) is 64.2 Å². The van der Waals surface area contributed by atoms with Gasteiger partial charge in [-0.05, 0) is 42.5 Å². The van der Waals surface area contributed by atoms with Crippen molar-refractivity contribution in [1.29, 1.82) is 0 Å². The van der Waals surface area contributed by atoms with E-state index in [4.69, 9.17) is 4.74 Å². The van der Waals surface area contributed by atoms with Crippen molar-refractivity contribution in [2.24, 2.45) is 0 Å². The highest BCUT2D eigenvalue weighted by molar-refractivity contribution is 6.41. The van der Waals surface area contributed by atoms with E-state index in [0.29, 0.717) is 5.56 Å². The summed E-state index contributed by atoms with van der Waals surface area (Å²) in [7, 11) is 1.21. The van der Waals surface area contributed by atoms with Crippen molar-refractivity contribution < 1.29 is 19.1 Å². The summed E-state index contributed by atoms with van der Waals surface area (Å²) in [5.41, 5.74) is 4.36. The molecule has 2 aromatic rings. The van der Waals surface area contributed by atoms with Gasteiger partial charge in [0.15, 0.2) is 0 Å². The summed E-state index contributed by atoms with van der Waals surface area (Å²) in [5, 5.41) is 0. The number of ether oxygens (including phenoxy) is 2. The van der Waals surface area contributed by atoms with Gasteiger partial charge in [0.2, 0.25) is 0 Å². The van der Waals surface area contributed by atoms with Gasteiger partial charge < -0.3 is 9.47 Å². The highest BCUT2D eigenvalue weighted by Gasteiger charge is 2.22. The normalized spacial score (nSPS) is 10.4. The van der Waals surface area contributed by atoms with Crippen LogP contribution in [0.3, 0.4) is 0 Å². The average Bonchev–Trinajstić information content (AvgIpc) is 2.65. The number of hydrogen-bond donors (Lipinski definition) is 0. The molecule has 0 unspecified atom stereocenters. The molecule has 2 aromatic carbocycles. The van der Waals surface area contributed by atoms with Gasteiger partial charge in [-0.1, -0.05) is 44.2 Å². The molecular weight excluding hydrogens is 316 g/mol. The van der Waals surface area contributed by atoms with E-state index in [-0.39, 0.29) is 6.61 Å². The molecule has 0 bridgehead atoms. The highest BCUT2D eigenvalue weighted by Crippen LogP contribution is 2.23. The van der Waals surface area contributed by atoms with Crippen LogP contribution >= 0.6 is 0 Å². The number of ketones is 1. The van der Waals surface area contributed by atoms with Crippen LogP contribution in [0.25, 0.3) is 0 Å². The molecule has 0 fully saturated rings. The molecule has 0 atom stereocenters. The minimum atomic E-state index is -0.863. The monoisotopic (exact) mass is 340 g/mol. The molecule has 0 spiro atoms.